The van der Waals surface area contributed by atoms with Crippen LogP contribution < -0.4 is 19.9 Å². The highest BCUT2D eigenvalue weighted by Gasteiger charge is 2.26. The van der Waals surface area contributed by atoms with Crippen molar-refractivity contribution in [3.8, 4) is 17.2 Å². The summed E-state index contributed by atoms with van der Waals surface area (Å²) in [5.41, 5.74) is 6.81. The Morgan fingerprint density at radius 2 is 2.07 bits per heavy atom. The summed E-state index contributed by atoms with van der Waals surface area (Å²) < 4.78 is 15.8. The van der Waals surface area contributed by atoms with Crippen molar-refractivity contribution < 1.29 is 14.2 Å². The molecule has 2 N–H and O–H groups in total. The van der Waals surface area contributed by atoms with Crippen LogP contribution in [0.15, 0.2) is 12.1 Å². The SMILES string of the molecule is COc1ccc2c(c1OC)OCC2N.Cl. The van der Waals surface area contributed by atoms with Gasteiger partial charge >= 0.3 is 0 Å². The average Bonchev–Trinajstić information content (AvgIpc) is 2.59. The Hall–Kier alpha value is -1.13. The summed E-state index contributed by atoms with van der Waals surface area (Å²) in [6.45, 7) is 0.499. The summed E-state index contributed by atoms with van der Waals surface area (Å²) in [6, 6.07) is 3.69. The summed E-state index contributed by atoms with van der Waals surface area (Å²) in [7, 11) is 3.18. The molecule has 15 heavy (non-hydrogen) atoms. The Morgan fingerprint density at radius 3 is 2.67 bits per heavy atom. The van der Waals surface area contributed by atoms with E-state index < -0.39 is 0 Å². The first kappa shape index (κ1) is 11.9. The Labute approximate surface area is 94.7 Å². The molecule has 1 heterocycles. The van der Waals surface area contributed by atoms with Crippen LogP contribution >= 0.6 is 12.4 Å². The van der Waals surface area contributed by atoms with Crippen molar-refractivity contribution in [2.45, 2.75) is 6.04 Å². The predicted molar refractivity (Wildman–Crippen MR) is 59.2 cm³/mol. The van der Waals surface area contributed by atoms with Crippen molar-refractivity contribution in [1.82, 2.24) is 0 Å². The van der Waals surface area contributed by atoms with E-state index in [1.807, 2.05) is 12.1 Å². The van der Waals surface area contributed by atoms with Gasteiger partial charge in [0.25, 0.3) is 0 Å². The van der Waals surface area contributed by atoms with Crippen molar-refractivity contribution >= 4 is 12.4 Å². The van der Waals surface area contributed by atoms with Crippen molar-refractivity contribution in [1.29, 1.82) is 0 Å². The largest absolute Gasteiger partial charge is 0.493 e. The molecule has 0 saturated carbocycles. The van der Waals surface area contributed by atoms with Crippen LogP contribution in [0.4, 0.5) is 0 Å². The highest BCUT2D eigenvalue weighted by Crippen LogP contribution is 2.44. The van der Waals surface area contributed by atoms with Gasteiger partial charge < -0.3 is 19.9 Å². The van der Waals surface area contributed by atoms with Gasteiger partial charge in [-0.15, -0.1) is 12.4 Å². The zero-order chi connectivity index (χ0) is 10.1. The molecule has 2 rings (SSSR count). The lowest BCUT2D eigenvalue weighted by molar-refractivity contribution is 0.299. The standard InChI is InChI=1S/C10H13NO3.ClH/c1-12-8-4-3-6-7(11)5-14-9(6)10(8)13-2;/h3-4,7H,5,11H2,1-2H3;1H. The normalized spacial score (nSPS) is 17.4. The molecule has 0 bridgehead atoms. The molecule has 0 aliphatic carbocycles. The molecule has 0 amide bonds. The number of nitrogens with two attached hydrogens (primary N) is 1. The van der Waals surface area contributed by atoms with Crippen LogP contribution in [0, 0.1) is 0 Å². The maximum Gasteiger partial charge on any atom is 0.203 e. The Balaban J connectivity index is 0.00000112. The smallest absolute Gasteiger partial charge is 0.203 e. The minimum Gasteiger partial charge on any atom is -0.493 e. The Kier molecular flexibility index (Phi) is 3.66. The second-order valence-electron chi connectivity index (χ2n) is 3.14. The van der Waals surface area contributed by atoms with Gasteiger partial charge in [-0.05, 0) is 12.1 Å². The number of hydrogen-bond acceptors (Lipinski definition) is 4. The minimum atomic E-state index is -0.0650. The quantitative estimate of drug-likeness (QED) is 0.839. The fourth-order valence-electron chi connectivity index (χ4n) is 1.62. The van der Waals surface area contributed by atoms with Crippen molar-refractivity contribution in [3.05, 3.63) is 17.7 Å². The van der Waals surface area contributed by atoms with Crippen LogP contribution in [0.25, 0.3) is 0 Å². The van der Waals surface area contributed by atoms with E-state index in [1.54, 1.807) is 14.2 Å². The third-order valence-electron chi connectivity index (χ3n) is 2.34. The van der Waals surface area contributed by atoms with Gasteiger partial charge in [0.15, 0.2) is 11.5 Å². The van der Waals surface area contributed by atoms with Crippen LogP contribution in [-0.4, -0.2) is 20.8 Å². The van der Waals surface area contributed by atoms with Crippen LogP contribution in [0.2, 0.25) is 0 Å². The van der Waals surface area contributed by atoms with E-state index in [2.05, 4.69) is 0 Å². The molecular weight excluding hydrogens is 218 g/mol. The molecule has 84 valence electrons. The van der Waals surface area contributed by atoms with Gasteiger partial charge in [-0.1, -0.05) is 0 Å². The summed E-state index contributed by atoms with van der Waals surface area (Å²) in [4.78, 5) is 0. The summed E-state index contributed by atoms with van der Waals surface area (Å²) in [6.07, 6.45) is 0. The fourth-order valence-corrected chi connectivity index (χ4v) is 1.62. The van der Waals surface area contributed by atoms with Gasteiger partial charge in [-0.25, -0.2) is 0 Å². The maximum absolute atomic E-state index is 5.84. The number of hydrogen-bond donors (Lipinski definition) is 1. The lowest BCUT2D eigenvalue weighted by atomic mass is 10.1. The van der Waals surface area contributed by atoms with Crippen molar-refractivity contribution in [3.63, 3.8) is 0 Å². The zero-order valence-corrected chi connectivity index (χ0v) is 9.47. The van der Waals surface area contributed by atoms with Crippen LogP contribution in [-0.2, 0) is 0 Å². The number of fused-ring (bicyclic) bond motifs is 1. The van der Waals surface area contributed by atoms with E-state index in [1.165, 1.54) is 0 Å². The number of benzene rings is 1. The van der Waals surface area contributed by atoms with E-state index in [9.17, 15) is 0 Å². The van der Waals surface area contributed by atoms with Gasteiger partial charge in [0.05, 0.1) is 20.3 Å². The van der Waals surface area contributed by atoms with E-state index >= 15 is 0 Å². The first-order valence-electron chi connectivity index (χ1n) is 4.41. The molecule has 4 nitrogen and oxygen atoms in total. The lowest BCUT2D eigenvalue weighted by Crippen LogP contribution is -2.10. The first-order valence-corrected chi connectivity index (χ1v) is 4.41. The minimum absolute atomic E-state index is 0. The second kappa shape index (κ2) is 4.59. The van der Waals surface area contributed by atoms with Gasteiger partial charge in [0.2, 0.25) is 5.75 Å². The average molecular weight is 232 g/mol. The molecule has 1 atom stereocenters. The number of ether oxygens (including phenoxy) is 3. The van der Waals surface area contributed by atoms with E-state index in [0.29, 0.717) is 23.9 Å². The third kappa shape index (κ3) is 1.82. The molecule has 1 aliphatic heterocycles. The highest BCUT2D eigenvalue weighted by molar-refractivity contribution is 5.85. The Bertz CT molecular complexity index is 357. The van der Waals surface area contributed by atoms with Crippen LogP contribution in [0.3, 0.4) is 0 Å². The molecule has 1 unspecified atom stereocenters. The molecule has 0 spiro atoms. The van der Waals surface area contributed by atoms with E-state index in [4.69, 9.17) is 19.9 Å². The predicted octanol–water partition coefficient (Wildman–Crippen LogP) is 1.52. The molecule has 0 radical (unpaired) electrons. The third-order valence-corrected chi connectivity index (χ3v) is 2.34. The van der Waals surface area contributed by atoms with Crippen molar-refractivity contribution in [2.24, 2.45) is 5.73 Å². The molecule has 1 aliphatic rings. The molecule has 0 aromatic heterocycles. The molecule has 1 aromatic carbocycles. The number of halogens is 1. The monoisotopic (exact) mass is 231 g/mol. The van der Waals surface area contributed by atoms with Gasteiger partial charge in [0.1, 0.15) is 6.61 Å². The molecule has 1 aromatic rings. The first-order chi connectivity index (χ1) is 6.77. The topological polar surface area (TPSA) is 53.7 Å². The molecule has 5 heteroatoms. The zero-order valence-electron chi connectivity index (χ0n) is 8.65. The summed E-state index contributed by atoms with van der Waals surface area (Å²) in [5.74, 6) is 2.00. The fraction of sp³-hybridized carbons (Fsp3) is 0.400. The van der Waals surface area contributed by atoms with Crippen LogP contribution in [0.1, 0.15) is 11.6 Å². The molecule has 0 fully saturated rings. The van der Waals surface area contributed by atoms with Crippen LogP contribution in [0.5, 0.6) is 17.2 Å². The Morgan fingerprint density at radius 1 is 1.33 bits per heavy atom. The lowest BCUT2D eigenvalue weighted by Gasteiger charge is -2.11. The van der Waals surface area contributed by atoms with Gasteiger partial charge in [-0.3, -0.25) is 0 Å². The summed E-state index contributed by atoms with van der Waals surface area (Å²) >= 11 is 0. The molecule has 0 saturated heterocycles. The summed E-state index contributed by atoms with van der Waals surface area (Å²) in [5, 5.41) is 0. The van der Waals surface area contributed by atoms with Crippen molar-refractivity contribution in [2.75, 3.05) is 20.8 Å². The van der Waals surface area contributed by atoms with Gasteiger partial charge in [0, 0.05) is 5.56 Å². The highest BCUT2D eigenvalue weighted by atomic mass is 35.5. The maximum atomic E-state index is 5.84. The van der Waals surface area contributed by atoms with Gasteiger partial charge in [-0.2, -0.15) is 0 Å². The number of methoxy groups -OCH3 is 2. The molecular formula is C10H14ClNO3. The number of rotatable bonds is 2. The van der Waals surface area contributed by atoms with E-state index in [-0.39, 0.29) is 18.4 Å². The second-order valence-corrected chi connectivity index (χ2v) is 3.14. The van der Waals surface area contributed by atoms with E-state index in [0.717, 1.165) is 5.56 Å².